The van der Waals surface area contributed by atoms with Crippen LogP contribution in [0.3, 0.4) is 0 Å². The standard InChI is InChI=1S/C22H22N5P/c1-28(2)18-8-6-16(7-9-18)20-14-25-21(23)22(27-20)26-13-15-5-10-19-17(12-15)4-3-11-24-19/h3-12,14H,13H2,1-2H3,(H2,23,25)(H,26,27). The van der Waals surface area contributed by atoms with Gasteiger partial charge in [0.05, 0.1) is 17.4 Å². The number of benzene rings is 2. The Labute approximate surface area is 165 Å². The van der Waals surface area contributed by atoms with E-state index in [1.165, 1.54) is 5.30 Å². The van der Waals surface area contributed by atoms with Gasteiger partial charge in [0.25, 0.3) is 0 Å². The Morgan fingerprint density at radius 3 is 2.61 bits per heavy atom. The Balaban J connectivity index is 1.54. The summed E-state index contributed by atoms with van der Waals surface area (Å²) in [6.07, 6.45) is 3.52. The zero-order valence-electron chi connectivity index (χ0n) is 15.9. The Kier molecular flexibility index (Phi) is 5.18. The van der Waals surface area contributed by atoms with Gasteiger partial charge in [0.1, 0.15) is 0 Å². The van der Waals surface area contributed by atoms with Gasteiger partial charge >= 0.3 is 0 Å². The Morgan fingerprint density at radius 2 is 1.82 bits per heavy atom. The molecule has 4 aromatic rings. The van der Waals surface area contributed by atoms with Crippen molar-refractivity contribution in [1.29, 1.82) is 0 Å². The quantitative estimate of drug-likeness (QED) is 0.501. The topological polar surface area (TPSA) is 76.7 Å². The third kappa shape index (κ3) is 3.95. The fourth-order valence-corrected chi connectivity index (χ4v) is 3.76. The summed E-state index contributed by atoms with van der Waals surface area (Å²) in [4.78, 5) is 13.4. The van der Waals surface area contributed by atoms with E-state index in [0.717, 1.165) is 27.7 Å². The molecule has 3 N–H and O–H groups in total. The van der Waals surface area contributed by atoms with Gasteiger partial charge < -0.3 is 11.1 Å². The molecule has 4 rings (SSSR count). The lowest BCUT2D eigenvalue weighted by atomic mass is 10.1. The second-order valence-corrected chi connectivity index (χ2v) is 9.12. The van der Waals surface area contributed by atoms with Crippen LogP contribution in [0.4, 0.5) is 11.6 Å². The molecule has 0 aliphatic carbocycles. The molecule has 140 valence electrons. The van der Waals surface area contributed by atoms with E-state index in [0.29, 0.717) is 18.2 Å². The van der Waals surface area contributed by atoms with E-state index < -0.39 is 0 Å². The predicted molar refractivity (Wildman–Crippen MR) is 119 cm³/mol. The molecular weight excluding hydrogens is 365 g/mol. The summed E-state index contributed by atoms with van der Waals surface area (Å²) in [5, 5.41) is 5.80. The zero-order valence-corrected chi connectivity index (χ0v) is 16.8. The minimum Gasteiger partial charge on any atom is -0.381 e. The number of fused-ring (bicyclic) bond motifs is 1. The van der Waals surface area contributed by atoms with E-state index in [9.17, 15) is 0 Å². The van der Waals surface area contributed by atoms with Crippen LogP contribution in [0.2, 0.25) is 0 Å². The highest BCUT2D eigenvalue weighted by atomic mass is 31.1. The van der Waals surface area contributed by atoms with E-state index >= 15 is 0 Å². The number of pyridine rings is 1. The van der Waals surface area contributed by atoms with Gasteiger partial charge in [-0.3, -0.25) is 4.98 Å². The number of hydrogen-bond acceptors (Lipinski definition) is 5. The first kappa shape index (κ1) is 18.3. The molecule has 0 radical (unpaired) electrons. The minimum absolute atomic E-state index is 0.105. The molecule has 0 bridgehead atoms. The van der Waals surface area contributed by atoms with Crippen LogP contribution >= 0.6 is 7.92 Å². The van der Waals surface area contributed by atoms with Crippen LogP contribution in [-0.4, -0.2) is 28.3 Å². The number of anilines is 2. The second-order valence-electron chi connectivity index (χ2n) is 6.81. The number of nitrogens with zero attached hydrogens (tertiary/aromatic N) is 3. The summed E-state index contributed by atoms with van der Waals surface area (Å²) >= 11 is 0. The molecule has 0 saturated heterocycles. The smallest absolute Gasteiger partial charge is 0.169 e. The van der Waals surface area contributed by atoms with Crippen LogP contribution < -0.4 is 16.4 Å². The highest BCUT2D eigenvalue weighted by molar-refractivity contribution is 7.64. The van der Waals surface area contributed by atoms with Crippen LogP contribution in [0.5, 0.6) is 0 Å². The largest absolute Gasteiger partial charge is 0.381 e. The molecule has 0 aliphatic heterocycles. The summed E-state index contributed by atoms with van der Waals surface area (Å²) in [7, 11) is -0.105. The second kappa shape index (κ2) is 7.91. The van der Waals surface area contributed by atoms with Crippen molar-refractivity contribution in [2.45, 2.75) is 6.54 Å². The molecule has 0 fully saturated rings. The molecule has 2 aromatic heterocycles. The van der Waals surface area contributed by atoms with Crippen molar-refractivity contribution in [2.75, 3.05) is 24.4 Å². The van der Waals surface area contributed by atoms with Crippen LogP contribution in [0.15, 0.2) is 67.0 Å². The van der Waals surface area contributed by atoms with E-state index in [4.69, 9.17) is 5.73 Å². The summed E-state index contributed by atoms with van der Waals surface area (Å²) in [5.74, 6) is 0.995. The molecule has 5 nitrogen and oxygen atoms in total. The number of hydrogen-bond donors (Lipinski definition) is 2. The number of aromatic nitrogens is 3. The van der Waals surface area contributed by atoms with E-state index in [1.807, 2.05) is 12.1 Å². The van der Waals surface area contributed by atoms with Crippen LogP contribution in [0.1, 0.15) is 5.56 Å². The zero-order chi connectivity index (χ0) is 19.5. The lowest BCUT2D eigenvalue weighted by Gasteiger charge is -2.11. The fraction of sp³-hybridized carbons (Fsp3) is 0.136. The van der Waals surface area contributed by atoms with Crippen molar-refractivity contribution in [3.63, 3.8) is 0 Å². The number of nitrogen functional groups attached to an aromatic ring is 1. The monoisotopic (exact) mass is 387 g/mol. The van der Waals surface area contributed by atoms with Gasteiger partial charge in [0.15, 0.2) is 11.6 Å². The molecule has 0 spiro atoms. The van der Waals surface area contributed by atoms with Crippen molar-refractivity contribution in [3.05, 3.63) is 72.6 Å². The fourth-order valence-electron chi connectivity index (χ4n) is 3.02. The third-order valence-corrected chi connectivity index (χ3v) is 5.94. The molecule has 2 heterocycles. The summed E-state index contributed by atoms with van der Waals surface area (Å²) in [5.41, 5.74) is 10.0. The van der Waals surface area contributed by atoms with Gasteiger partial charge in [-0.25, -0.2) is 9.97 Å². The number of rotatable bonds is 5. The number of nitrogens with one attached hydrogen (secondary N) is 1. The van der Waals surface area contributed by atoms with Gasteiger partial charge in [0.2, 0.25) is 0 Å². The first-order valence-electron chi connectivity index (χ1n) is 9.08. The molecule has 0 aliphatic rings. The highest BCUT2D eigenvalue weighted by Crippen LogP contribution is 2.26. The SMILES string of the molecule is CP(C)c1ccc(-c2cnc(N)c(NCc3ccc4ncccc4c3)n2)cc1. The summed E-state index contributed by atoms with van der Waals surface area (Å²) < 4.78 is 0. The lowest BCUT2D eigenvalue weighted by molar-refractivity contribution is 1.10. The maximum atomic E-state index is 6.04. The van der Waals surface area contributed by atoms with Gasteiger partial charge in [0, 0.05) is 23.7 Å². The normalized spacial score (nSPS) is 11.1. The summed E-state index contributed by atoms with van der Waals surface area (Å²) in [6, 6.07) is 18.7. The number of nitrogens with two attached hydrogens (primary N) is 1. The molecule has 2 aromatic carbocycles. The molecule has 0 unspecified atom stereocenters. The Bertz CT molecular complexity index is 1110. The van der Waals surface area contributed by atoms with Crippen LogP contribution in [0, 0.1) is 0 Å². The maximum absolute atomic E-state index is 6.04. The van der Waals surface area contributed by atoms with Gasteiger partial charge in [-0.1, -0.05) is 44.3 Å². The van der Waals surface area contributed by atoms with E-state index in [2.05, 4.69) is 76.1 Å². The molecule has 0 saturated carbocycles. The molecule has 0 amide bonds. The molecule has 6 heteroatoms. The van der Waals surface area contributed by atoms with E-state index in [1.54, 1.807) is 12.4 Å². The van der Waals surface area contributed by atoms with E-state index in [-0.39, 0.29) is 7.92 Å². The van der Waals surface area contributed by atoms with Crippen LogP contribution in [-0.2, 0) is 6.54 Å². The average Bonchev–Trinajstić information content (AvgIpc) is 2.73. The third-order valence-electron chi connectivity index (χ3n) is 4.61. The Hall–Kier alpha value is -3.04. The van der Waals surface area contributed by atoms with Crippen molar-refractivity contribution in [3.8, 4) is 11.3 Å². The van der Waals surface area contributed by atoms with Crippen molar-refractivity contribution < 1.29 is 0 Å². The van der Waals surface area contributed by atoms with Gasteiger partial charge in [-0.15, -0.1) is 0 Å². The first-order chi connectivity index (χ1) is 13.6. The first-order valence-corrected chi connectivity index (χ1v) is 11.3. The summed E-state index contributed by atoms with van der Waals surface area (Å²) in [6.45, 7) is 5.11. The highest BCUT2D eigenvalue weighted by Gasteiger charge is 2.08. The van der Waals surface area contributed by atoms with Crippen molar-refractivity contribution in [2.24, 2.45) is 0 Å². The Morgan fingerprint density at radius 1 is 1.00 bits per heavy atom. The minimum atomic E-state index is -0.105. The molecular formula is C22H22N5P. The average molecular weight is 387 g/mol. The van der Waals surface area contributed by atoms with Gasteiger partial charge in [-0.05, 0) is 42.4 Å². The lowest BCUT2D eigenvalue weighted by Crippen LogP contribution is -2.07. The molecule has 0 atom stereocenters. The van der Waals surface area contributed by atoms with Gasteiger partial charge in [-0.2, -0.15) is 0 Å². The molecule has 28 heavy (non-hydrogen) atoms. The van der Waals surface area contributed by atoms with Crippen molar-refractivity contribution in [1.82, 2.24) is 15.0 Å². The predicted octanol–water partition coefficient (Wildman–Crippen LogP) is 4.25. The van der Waals surface area contributed by atoms with Crippen LogP contribution in [0.25, 0.3) is 22.2 Å². The van der Waals surface area contributed by atoms with Crippen molar-refractivity contribution >= 4 is 35.8 Å². The maximum Gasteiger partial charge on any atom is 0.169 e.